The largest absolute Gasteiger partial charge is 0.391 e. The molecule has 1 aliphatic carbocycles. The van der Waals surface area contributed by atoms with Crippen molar-refractivity contribution in [3.05, 3.63) is 59.7 Å². The van der Waals surface area contributed by atoms with Crippen LogP contribution in [0, 0.1) is 6.92 Å². The Morgan fingerprint density at radius 3 is 2.44 bits per heavy atom. The number of aryl methyl sites for hydroxylation is 1. The molecule has 1 heterocycles. The molecule has 0 radical (unpaired) electrons. The zero-order chi connectivity index (χ0) is 17.6. The van der Waals surface area contributed by atoms with Gasteiger partial charge in [0.1, 0.15) is 0 Å². The quantitative estimate of drug-likeness (QED) is 0.905. The van der Waals surface area contributed by atoms with E-state index in [9.17, 15) is 15.0 Å². The number of carbonyl (C=O) groups excluding carboxylic acids is 1. The van der Waals surface area contributed by atoms with Gasteiger partial charge in [0.25, 0.3) is 5.91 Å². The van der Waals surface area contributed by atoms with Gasteiger partial charge in [-0.1, -0.05) is 36.4 Å². The molecule has 2 atom stereocenters. The van der Waals surface area contributed by atoms with Crippen LogP contribution < -0.4 is 0 Å². The van der Waals surface area contributed by atoms with Crippen LogP contribution in [0.3, 0.4) is 0 Å². The maximum absolute atomic E-state index is 12.9. The molecule has 2 fully saturated rings. The standard InChI is InChI=1S/C21H23NO3/c1-14-4-2-3-5-18(14)15-6-8-16(9-7-15)20(24)22-13-17(23)12-19(22)21(25)10-11-21/h2-9,17,19,23,25H,10-13H2,1H3/t17-,19+/m1/s1. The maximum Gasteiger partial charge on any atom is 0.254 e. The molecular weight excluding hydrogens is 314 g/mol. The molecule has 2 N–H and O–H groups in total. The average Bonchev–Trinajstić information content (AvgIpc) is 3.24. The summed E-state index contributed by atoms with van der Waals surface area (Å²) in [6.45, 7) is 2.37. The van der Waals surface area contributed by atoms with E-state index in [4.69, 9.17) is 0 Å². The van der Waals surface area contributed by atoms with Crippen LogP contribution in [-0.4, -0.2) is 45.3 Å². The maximum atomic E-state index is 12.9. The zero-order valence-corrected chi connectivity index (χ0v) is 14.4. The number of benzene rings is 2. The minimum Gasteiger partial charge on any atom is -0.391 e. The lowest BCUT2D eigenvalue weighted by atomic mass is 9.99. The molecule has 0 aromatic heterocycles. The van der Waals surface area contributed by atoms with Gasteiger partial charge in [-0.2, -0.15) is 0 Å². The third-order valence-corrected chi connectivity index (χ3v) is 5.51. The molecule has 2 aromatic rings. The number of carbonyl (C=O) groups is 1. The molecule has 4 heteroatoms. The van der Waals surface area contributed by atoms with Gasteiger partial charge in [-0.15, -0.1) is 0 Å². The molecule has 0 spiro atoms. The van der Waals surface area contributed by atoms with E-state index in [2.05, 4.69) is 19.1 Å². The van der Waals surface area contributed by atoms with Crippen molar-refractivity contribution >= 4 is 5.91 Å². The first-order valence-corrected chi connectivity index (χ1v) is 8.85. The summed E-state index contributed by atoms with van der Waals surface area (Å²) in [5.41, 5.74) is 3.23. The van der Waals surface area contributed by atoms with Crippen LogP contribution in [0.25, 0.3) is 11.1 Å². The number of nitrogens with zero attached hydrogens (tertiary/aromatic N) is 1. The molecule has 4 rings (SSSR count). The summed E-state index contributed by atoms with van der Waals surface area (Å²) < 4.78 is 0. The number of aliphatic hydroxyl groups excluding tert-OH is 1. The highest BCUT2D eigenvalue weighted by atomic mass is 16.3. The van der Waals surface area contributed by atoms with Gasteiger partial charge in [0.2, 0.25) is 0 Å². The van der Waals surface area contributed by atoms with Crippen LogP contribution in [-0.2, 0) is 0 Å². The first-order chi connectivity index (χ1) is 12.0. The molecular formula is C21H23NO3. The van der Waals surface area contributed by atoms with E-state index in [1.807, 2.05) is 36.4 Å². The molecule has 1 saturated heterocycles. The molecule has 1 aliphatic heterocycles. The van der Waals surface area contributed by atoms with Gasteiger partial charge >= 0.3 is 0 Å². The van der Waals surface area contributed by atoms with Crippen molar-refractivity contribution in [1.82, 2.24) is 4.90 Å². The second kappa shape index (κ2) is 5.97. The van der Waals surface area contributed by atoms with Gasteiger partial charge in [-0.25, -0.2) is 0 Å². The van der Waals surface area contributed by atoms with Crippen LogP contribution in [0.1, 0.15) is 35.2 Å². The van der Waals surface area contributed by atoms with Gasteiger partial charge in [0, 0.05) is 12.1 Å². The summed E-state index contributed by atoms with van der Waals surface area (Å²) in [5.74, 6) is -0.113. The predicted octanol–water partition coefficient (Wildman–Crippen LogP) is 2.76. The van der Waals surface area contributed by atoms with Gasteiger partial charge in [0.15, 0.2) is 0 Å². The average molecular weight is 337 g/mol. The summed E-state index contributed by atoms with van der Waals surface area (Å²) in [7, 11) is 0. The van der Waals surface area contributed by atoms with E-state index in [-0.39, 0.29) is 11.9 Å². The van der Waals surface area contributed by atoms with Crippen LogP contribution >= 0.6 is 0 Å². The summed E-state index contributed by atoms with van der Waals surface area (Å²) in [6, 6.07) is 15.5. The number of hydrogen-bond donors (Lipinski definition) is 2. The molecule has 0 bridgehead atoms. The van der Waals surface area contributed by atoms with E-state index in [1.165, 1.54) is 5.56 Å². The third kappa shape index (κ3) is 2.96. The van der Waals surface area contributed by atoms with Gasteiger partial charge in [-0.3, -0.25) is 4.79 Å². The highest BCUT2D eigenvalue weighted by molar-refractivity contribution is 5.95. The van der Waals surface area contributed by atoms with Gasteiger partial charge < -0.3 is 15.1 Å². The van der Waals surface area contributed by atoms with Crippen LogP contribution in [0.5, 0.6) is 0 Å². The normalized spacial score (nSPS) is 24.4. The van der Waals surface area contributed by atoms with Crippen molar-refractivity contribution in [3.8, 4) is 11.1 Å². The van der Waals surface area contributed by atoms with Crippen LogP contribution in [0.15, 0.2) is 48.5 Å². The molecule has 2 aromatic carbocycles. The molecule has 25 heavy (non-hydrogen) atoms. The van der Waals surface area contributed by atoms with Crippen LogP contribution in [0.2, 0.25) is 0 Å². The van der Waals surface area contributed by atoms with Crippen molar-refractivity contribution in [2.75, 3.05) is 6.54 Å². The van der Waals surface area contributed by atoms with Crippen molar-refractivity contribution in [1.29, 1.82) is 0 Å². The highest BCUT2D eigenvalue weighted by Gasteiger charge is 2.54. The lowest BCUT2D eigenvalue weighted by Gasteiger charge is -2.28. The van der Waals surface area contributed by atoms with E-state index in [1.54, 1.807) is 4.90 Å². The molecule has 1 saturated carbocycles. The smallest absolute Gasteiger partial charge is 0.254 e. The SMILES string of the molecule is Cc1ccccc1-c1ccc(C(=O)N2C[C@H](O)C[C@H]2C2(O)CC2)cc1. The van der Waals surface area contributed by atoms with E-state index < -0.39 is 11.7 Å². The fraction of sp³-hybridized carbons (Fsp3) is 0.381. The lowest BCUT2D eigenvalue weighted by Crippen LogP contribution is -2.44. The van der Waals surface area contributed by atoms with Gasteiger partial charge in [0.05, 0.1) is 17.7 Å². The Kier molecular flexibility index (Phi) is 3.89. The Morgan fingerprint density at radius 2 is 1.80 bits per heavy atom. The Morgan fingerprint density at radius 1 is 1.12 bits per heavy atom. The zero-order valence-electron chi connectivity index (χ0n) is 14.4. The third-order valence-electron chi connectivity index (χ3n) is 5.51. The first kappa shape index (κ1) is 16.3. The minimum absolute atomic E-state index is 0.113. The van der Waals surface area contributed by atoms with E-state index in [0.29, 0.717) is 31.4 Å². The van der Waals surface area contributed by atoms with Crippen molar-refractivity contribution in [3.63, 3.8) is 0 Å². The fourth-order valence-electron chi connectivity index (χ4n) is 3.86. The summed E-state index contributed by atoms with van der Waals surface area (Å²) in [6.07, 6.45) is 1.33. The number of rotatable bonds is 3. The molecule has 4 nitrogen and oxygen atoms in total. The Hall–Kier alpha value is -2.17. The molecule has 0 unspecified atom stereocenters. The fourth-order valence-corrected chi connectivity index (χ4v) is 3.86. The second-order valence-corrected chi connectivity index (χ2v) is 7.36. The summed E-state index contributed by atoms with van der Waals surface area (Å²) >= 11 is 0. The van der Waals surface area contributed by atoms with Crippen molar-refractivity contribution in [2.45, 2.75) is 43.9 Å². The van der Waals surface area contributed by atoms with E-state index >= 15 is 0 Å². The molecule has 1 amide bonds. The topological polar surface area (TPSA) is 60.8 Å². The summed E-state index contributed by atoms with van der Waals surface area (Å²) in [5, 5.41) is 20.4. The highest BCUT2D eigenvalue weighted by Crippen LogP contribution is 2.45. The number of hydrogen-bond acceptors (Lipinski definition) is 3. The number of likely N-dealkylation sites (tertiary alicyclic amines) is 1. The lowest BCUT2D eigenvalue weighted by molar-refractivity contribution is 0.0386. The first-order valence-electron chi connectivity index (χ1n) is 8.85. The number of aliphatic hydroxyl groups is 2. The summed E-state index contributed by atoms with van der Waals surface area (Å²) in [4.78, 5) is 14.5. The number of β-amino-alcohol motifs (C(OH)–C–C–N with tert-alkyl or cyclic N) is 1. The predicted molar refractivity (Wildman–Crippen MR) is 96.2 cm³/mol. The monoisotopic (exact) mass is 337 g/mol. The molecule has 130 valence electrons. The Labute approximate surface area is 147 Å². The van der Waals surface area contributed by atoms with Crippen LogP contribution in [0.4, 0.5) is 0 Å². The van der Waals surface area contributed by atoms with E-state index in [0.717, 1.165) is 11.1 Å². The second-order valence-electron chi connectivity index (χ2n) is 7.36. The van der Waals surface area contributed by atoms with Gasteiger partial charge in [-0.05, 0) is 55.0 Å². The van der Waals surface area contributed by atoms with Crippen molar-refractivity contribution in [2.24, 2.45) is 0 Å². The minimum atomic E-state index is -0.797. The number of amides is 1. The Bertz CT molecular complexity index is 795. The Balaban J connectivity index is 1.58. The molecule has 2 aliphatic rings. The van der Waals surface area contributed by atoms with Crippen molar-refractivity contribution < 1.29 is 15.0 Å².